The molecule has 0 N–H and O–H groups in total. The first kappa shape index (κ1) is 27.0. The monoisotopic (exact) mass is 478 g/mol. The van der Waals surface area contributed by atoms with E-state index in [2.05, 4.69) is 22.6 Å². The van der Waals surface area contributed by atoms with Crippen LogP contribution in [-0.4, -0.2) is 57.9 Å². The van der Waals surface area contributed by atoms with Crippen LogP contribution in [0, 0.1) is 0 Å². The average molecular weight is 478 g/mol. The highest BCUT2D eigenvalue weighted by Crippen LogP contribution is 2.38. The normalized spacial score (nSPS) is 14.2. The molecule has 0 radical (unpaired) electrons. The van der Waals surface area contributed by atoms with Gasteiger partial charge in [-0.2, -0.15) is 26.3 Å². The number of allylic oxidation sites excluding steroid dienone is 1. The summed E-state index contributed by atoms with van der Waals surface area (Å²) in [6.45, 7) is 6.59. The third-order valence-corrected chi connectivity index (χ3v) is 7.56. The summed E-state index contributed by atoms with van der Waals surface area (Å²) in [4.78, 5) is 11.4. The third kappa shape index (κ3) is 7.41. The molecule has 0 amide bonds. The number of ether oxygens (including phenoxy) is 3. The molecule has 0 aliphatic heterocycles. The molecule has 170 valence electrons. The van der Waals surface area contributed by atoms with E-state index in [-0.39, 0.29) is 12.4 Å². The van der Waals surface area contributed by atoms with Gasteiger partial charge in [-0.15, -0.1) is 0 Å². The van der Waals surface area contributed by atoms with Crippen molar-refractivity contribution in [1.29, 1.82) is 0 Å². The van der Waals surface area contributed by atoms with Gasteiger partial charge in [-0.3, -0.25) is 0 Å². The predicted molar refractivity (Wildman–Crippen MR) is 85.5 cm³/mol. The molecule has 0 saturated carbocycles. The van der Waals surface area contributed by atoms with Crippen molar-refractivity contribution in [2.75, 3.05) is 13.2 Å². The molecule has 8 nitrogen and oxygen atoms in total. The van der Waals surface area contributed by atoms with E-state index in [1.54, 1.807) is 0 Å². The van der Waals surface area contributed by atoms with Crippen LogP contribution in [0.15, 0.2) is 25.0 Å². The van der Waals surface area contributed by atoms with Crippen molar-refractivity contribution in [2.24, 2.45) is 0 Å². The largest absolute Gasteiger partial charge is 0.508 e. The number of carbonyl (C=O) groups excluding carboxylic acids is 1. The summed E-state index contributed by atoms with van der Waals surface area (Å²) in [5, 5.41) is 0. The van der Waals surface area contributed by atoms with E-state index in [4.69, 9.17) is 4.74 Å². The van der Waals surface area contributed by atoms with E-state index < -0.39 is 60.6 Å². The van der Waals surface area contributed by atoms with Crippen LogP contribution in [0.5, 0.6) is 0 Å². The second kappa shape index (κ2) is 9.69. The van der Waals surface area contributed by atoms with Crippen molar-refractivity contribution in [1.82, 2.24) is 0 Å². The Morgan fingerprint density at radius 1 is 0.966 bits per heavy atom. The van der Waals surface area contributed by atoms with Crippen molar-refractivity contribution in [2.45, 2.75) is 35.0 Å². The Kier molecular flexibility index (Phi) is 9.03. The topological polar surface area (TPSA) is 113 Å². The van der Waals surface area contributed by atoms with Crippen molar-refractivity contribution < 1.29 is 62.2 Å². The highest BCUT2D eigenvalue weighted by Gasteiger charge is 2.63. The van der Waals surface area contributed by atoms with E-state index in [9.17, 15) is 48.0 Å². The molecular weight excluding hydrogens is 462 g/mol. The van der Waals surface area contributed by atoms with Crippen LogP contribution in [-0.2, 0) is 33.9 Å². The molecule has 0 heterocycles. The SMILES string of the molecule is C=CC(=C)OCCOC(=O)OC(C)CC(S(=O)(=O)C(F)(F)F)S(=O)(=O)C(F)(F)F. The second-order valence-corrected chi connectivity index (χ2v) is 9.73. The number of hydrogen-bond acceptors (Lipinski definition) is 8. The van der Waals surface area contributed by atoms with Gasteiger partial charge >= 0.3 is 17.2 Å². The summed E-state index contributed by atoms with van der Waals surface area (Å²) in [5.74, 6) is 0.105. The number of alkyl halides is 6. The summed E-state index contributed by atoms with van der Waals surface area (Å²) in [6, 6.07) is 0. The lowest BCUT2D eigenvalue weighted by Crippen LogP contribution is -2.46. The van der Waals surface area contributed by atoms with Crippen molar-refractivity contribution in [3.63, 3.8) is 0 Å². The summed E-state index contributed by atoms with van der Waals surface area (Å²) in [6.07, 6.45) is -4.26. The average Bonchev–Trinajstić information content (AvgIpc) is 2.53. The van der Waals surface area contributed by atoms with Gasteiger partial charge in [-0.25, -0.2) is 21.6 Å². The first-order valence-electron chi connectivity index (χ1n) is 7.25. The fourth-order valence-electron chi connectivity index (χ4n) is 1.59. The standard InChI is InChI=1S/C13H16F6O8S2/c1-4-8(2)25-5-6-26-11(20)27-9(3)7-10(28(21,22)12(14,15)16)29(23,24)13(17,18)19/h4,9-10H,1-2,5-7H2,3H3. The van der Waals surface area contributed by atoms with Crippen LogP contribution in [0.1, 0.15) is 13.3 Å². The smallest absolute Gasteiger partial charge is 0.491 e. The molecule has 0 aromatic carbocycles. The van der Waals surface area contributed by atoms with Gasteiger partial charge in [0.05, 0.1) is 0 Å². The maximum atomic E-state index is 12.6. The van der Waals surface area contributed by atoms with E-state index >= 15 is 0 Å². The van der Waals surface area contributed by atoms with Crippen molar-refractivity contribution in [3.8, 4) is 0 Å². The lowest BCUT2D eigenvalue weighted by molar-refractivity contribution is -0.0478. The Hall–Kier alpha value is -1.97. The first-order valence-corrected chi connectivity index (χ1v) is 10.3. The number of hydrogen-bond donors (Lipinski definition) is 0. The lowest BCUT2D eigenvalue weighted by atomic mass is 10.3. The zero-order valence-corrected chi connectivity index (χ0v) is 16.3. The van der Waals surface area contributed by atoms with Gasteiger partial charge < -0.3 is 14.2 Å². The molecule has 16 heteroatoms. The number of carbonyl (C=O) groups is 1. The fraction of sp³-hybridized carbons (Fsp3) is 0.615. The maximum absolute atomic E-state index is 12.6. The first-order chi connectivity index (χ1) is 12.9. The minimum atomic E-state index is -6.82. The van der Waals surface area contributed by atoms with Gasteiger partial charge in [-0.05, 0) is 13.0 Å². The van der Waals surface area contributed by atoms with Crippen LogP contribution < -0.4 is 0 Å². The predicted octanol–water partition coefficient (Wildman–Crippen LogP) is 2.83. The Labute approximate surface area is 161 Å². The molecular formula is C13H16F6O8S2. The van der Waals surface area contributed by atoms with E-state index in [1.165, 1.54) is 6.08 Å². The zero-order valence-electron chi connectivity index (χ0n) is 14.6. The van der Waals surface area contributed by atoms with Gasteiger partial charge in [0.25, 0.3) is 19.7 Å². The molecule has 0 rings (SSSR count). The highest BCUT2D eigenvalue weighted by atomic mass is 32.3. The van der Waals surface area contributed by atoms with Gasteiger partial charge in [0, 0.05) is 6.42 Å². The van der Waals surface area contributed by atoms with Crippen molar-refractivity contribution >= 4 is 25.8 Å². The van der Waals surface area contributed by atoms with Crippen LogP contribution >= 0.6 is 0 Å². The van der Waals surface area contributed by atoms with Crippen LogP contribution in [0.4, 0.5) is 31.1 Å². The second-order valence-electron chi connectivity index (χ2n) is 5.19. The molecule has 0 aromatic rings. The minimum Gasteiger partial charge on any atom is -0.491 e. The quantitative estimate of drug-likeness (QED) is 0.155. The Bertz CT molecular complexity index is 769. The molecule has 1 atom stereocenters. The molecule has 0 fully saturated rings. The highest BCUT2D eigenvalue weighted by molar-refractivity contribution is 8.09. The summed E-state index contributed by atoms with van der Waals surface area (Å²) >= 11 is 0. The molecule has 1 unspecified atom stereocenters. The van der Waals surface area contributed by atoms with Gasteiger partial charge in [0.1, 0.15) is 25.1 Å². The summed E-state index contributed by atoms with van der Waals surface area (Å²) in [7, 11) is -13.6. The molecule has 0 aliphatic carbocycles. The zero-order chi connectivity index (χ0) is 23.3. The Morgan fingerprint density at radius 3 is 1.76 bits per heavy atom. The third-order valence-electron chi connectivity index (χ3n) is 2.98. The molecule has 0 aromatic heterocycles. The number of sulfone groups is 2. The Balaban J connectivity index is 5.31. The minimum absolute atomic E-state index is 0.105. The number of rotatable bonds is 10. The van der Waals surface area contributed by atoms with Crippen LogP contribution in [0.3, 0.4) is 0 Å². The summed E-state index contributed by atoms with van der Waals surface area (Å²) in [5.41, 5.74) is -12.6. The molecule has 0 aliphatic rings. The fourth-order valence-corrected chi connectivity index (χ4v) is 5.23. The molecule has 0 spiro atoms. The van der Waals surface area contributed by atoms with Gasteiger partial charge in [0.15, 0.2) is 4.58 Å². The molecule has 29 heavy (non-hydrogen) atoms. The van der Waals surface area contributed by atoms with E-state index in [1.807, 2.05) is 0 Å². The van der Waals surface area contributed by atoms with Crippen molar-refractivity contribution in [3.05, 3.63) is 25.0 Å². The Morgan fingerprint density at radius 2 is 1.38 bits per heavy atom. The lowest BCUT2D eigenvalue weighted by Gasteiger charge is -2.23. The van der Waals surface area contributed by atoms with Crippen LogP contribution in [0.25, 0.3) is 0 Å². The summed E-state index contributed by atoms with van der Waals surface area (Å²) < 4.78 is 131. The van der Waals surface area contributed by atoms with Gasteiger partial charge in [0.2, 0.25) is 0 Å². The molecule has 0 saturated heterocycles. The van der Waals surface area contributed by atoms with Crippen LogP contribution in [0.2, 0.25) is 0 Å². The van der Waals surface area contributed by atoms with E-state index in [0.29, 0.717) is 6.92 Å². The number of halogens is 6. The van der Waals surface area contributed by atoms with E-state index in [0.717, 1.165) is 0 Å². The maximum Gasteiger partial charge on any atom is 0.508 e. The molecule has 0 bridgehead atoms. The van der Waals surface area contributed by atoms with Gasteiger partial charge in [-0.1, -0.05) is 13.2 Å².